The topological polar surface area (TPSA) is 56.8 Å². The highest BCUT2D eigenvalue weighted by atomic mass is 16.5. The molecule has 0 aromatic heterocycles. The van der Waals surface area contributed by atoms with Crippen LogP contribution in [-0.4, -0.2) is 32.8 Å². The average molecular weight is 357 g/mol. The molecule has 0 saturated carbocycles. The van der Waals surface area contributed by atoms with Gasteiger partial charge in [-0.15, -0.1) is 0 Å². The second-order valence-electron chi connectivity index (χ2n) is 6.18. The van der Waals surface area contributed by atoms with Crippen LogP contribution in [0.5, 0.6) is 11.5 Å². The Kier molecular flexibility index (Phi) is 7.96. The van der Waals surface area contributed by atoms with Crippen molar-refractivity contribution in [2.75, 3.05) is 26.9 Å². The van der Waals surface area contributed by atoms with Gasteiger partial charge in [-0.05, 0) is 54.8 Å². The smallest absolute Gasteiger partial charge is 0.223 e. The maximum Gasteiger partial charge on any atom is 0.223 e. The summed E-state index contributed by atoms with van der Waals surface area (Å²) >= 11 is 0. The van der Waals surface area contributed by atoms with E-state index in [-0.39, 0.29) is 5.91 Å². The molecule has 5 nitrogen and oxygen atoms in total. The summed E-state index contributed by atoms with van der Waals surface area (Å²) in [5, 5.41) is 2.90. The quantitative estimate of drug-likeness (QED) is 0.662. The summed E-state index contributed by atoms with van der Waals surface area (Å²) in [4.78, 5) is 12.0. The Morgan fingerprint density at radius 2 is 1.54 bits per heavy atom. The van der Waals surface area contributed by atoms with Gasteiger partial charge in [-0.25, -0.2) is 0 Å². The highest BCUT2D eigenvalue weighted by Crippen LogP contribution is 2.16. The van der Waals surface area contributed by atoms with Crippen molar-refractivity contribution >= 4 is 5.91 Å². The van der Waals surface area contributed by atoms with E-state index in [0.29, 0.717) is 32.8 Å². The Morgan fingerprint density at radius 1 is 0.885 bits per heavy atom. The van der Waals surface area contributed by atoms with Crippen LogP contribution in [0.1, 0.15) is 23.1 Å². The average Bonchev–Trinajstić information content (AvgIpc) is 2.60. The minimum atomic E-state index is -0.0326. The van der Waals surface area contributed by atoms with Gasteiger partial charge in [0.25, 0.3) is 0 Å². The van der Waals surface area contributed by atoms with E-state index in [1.165, 1.54) is 0 Å². The highest BCUT2D eigenvalue weighted by molar-refractivity contribution is 5.76. The number of carbonyl (C=O) groups is 1. The number of hydrogen-bond acceptors (Lipinski definition) is 4. The van der Waals surface area contributed by atoms with E-state index in [2.05, 4.69) is 11.4 Å². The van der Waals surface area contributed by atoms with Gasteiger partial charge in [0.1, 0.15) is 18.1 Å². The molecule has 0 fully saturated rings. The molecule has 0 atom stereocenters. The molecule has 0 unspecified atom stereocenters. The van der Waals surface area contributed by atoms with Crippen molar-refractivity contribution in [1.82, 2.24) is 5.32 Å². The first-order chi connectivity index (χ1) is 12.6. The number of methoxy groups -OCH3 is 1. The number of amides is 1. The fourth-order valence-corrected chi connectivity index (χ4v) is 2.51. The van der Waals surface area contributed by atoms with Crippen molar-refractivity contribution in [3.8, 4) is 11.5 Å². The molecule has 140 valence electrons. The van der Waals surface area contributed by atoms with Gasteiger partial charge in [0.15, 0.2) is 0 Å². The Morgan fingerprint density at radius 3 is 2.19 bits per heavy atom. The van der Waals surface area contributed by atoms with Crippen LogP contribution < -0.4 is 14.8 Å². The third kappa shape index (κ3) is 7.15. The normalized spacial score (nSPS) is 10.4. The van der Waals surface area contributed by atoms with E-state index in [4.69, 9.17) is 14.2 Å². The molecule has 2 aromatic carbocycles. The number of aryl methyl sites for hydroxylation is 2. The predicted octanol–water partition coefficient (Wildman–Crippen LogP) is 3.41. The van der Waals surface area contributed by atoms with Crippen molar-refractivity contribution in [3.63, 3.8) is 0 Å². The molecule has 26 heavy (non-hydrogen) atoms. The van der Waals surface area contributed by atoms with E-state index in [9.17, 15) is 4.79 Å². The molecule has 5 heteroatoms. The van der Waals surface area contributed by atoms with Crippen molar-refractivity contribution in [1.29, 1.82) is 0 Å². The fourth-order valence-electron chi connectivity index (χ4n) is 2.51. The molecule has 0 bridgehead atoms. The van der Waals surface area contributed by atoms with E-state index in [0.717, 1.165) is 28.2 Å². The first kappa shape index (κ1) is 19.8. The maximum absolute atomic E-state index is 12.0. The zero-order valence-corrected chi connectivity index (χ0v) is 15.7. The van der Waals surface area contributed by atoms with Crippen LogP contribution in [0.2, 0.25) is 0 Å². The van der Waals surface area contributed by atoms with Gasteiger partial charge in [0, 0.05) is 13.7 Å². The van der Waals surface area contributed by atoms with Crippen LogP contribution in [0.25, 0.3) is 0 Å². The number of carbonyl (C=O) groups excluding carboxylic acids is 1. The number of rotatable bonds is 10. The standard InChI is InChI=1S/C21H27NO4/c1-16-12-17(2)14-20(13-16)25-9-8-21(23)22-15-18-4-6-19(7-5-18)26-11-10-24-3/h4-7,12-14H,8-11,15H2,1-3H3,(H,22,23). The summed E-state index contributed by atoms with van der Waals surface area (Å²) in [6.07, 6.45) is 0.325. The van der Waals surface area contributed by atoms with E-state index >= 15 is 0 Å². The summed E-state index contributed by atoms with van der Waals surface area (Å²) in [7, 11) is 1.64. The first-order valence-electron chi connectivity index (χ1n) is 8.75. The molecule has 0 heterocycles. The van der Waals surface area contributed by atoms with Crippen molar-refractivity contribution in [2.45, 2.75) is 26.8 Å². The van der Waals surface area contributed by atoms with E-state index in [1.807, 2.05) is 50.2 Å². The van der Waals surface area contributed by atoms with Crippen molar-refractivity contribution < 1.29 is 19.0 Å². The number of benzene rings is 2. The second-order valence-corrected chi connectivity index (χ2v) is 6.18. The van der Waals surface area contributed by atoms with Crippen molar-refractivity contribution in [3.05, 3.63) is 59.2 Å². The summed E-state index contributed by atoms with van der Waals surface area (Å²) in [6, 6.07) is 13.7. The summed E-state index contributed by atoms with van der Waals surface area (Å²) in [5.74, 6) is 1.56. The molecule has 0 aliphatic heterocycles. The molecule has 1 amide bonds. The monoisotopic (exact) mass is 357 g/mol. The van der Waals surface area contributed by atoms with Gasteiger partial charge in [0.2, 0.25) is 5.91 Å². The Hall–Kier alpha value is -2.53. The minimum Gasteiger partial charge on any atom is -0.493 e. The molecule has 2 aromatic rings. The molecule has 0 saturated heterocycles. The lowest BCUT2D eigenvalue weighted by atomic mass is 10.1. The molecule has 1 N–H and O–H groups in total. The molecule has 0 spiro atoms. The Balaban J connectivity index is 1.68. The molecule has 0 aliphatic carbocycles. The lowest BCUT2D eigenvalue weighted by Gasteiger charge is -2.09. The SMILES string of the molecule is COCCOc1ccc(CNC(=O)CCOc2cc(C)cc(C)c2)cc1. The third-order valence-corrected chi connectivity index (χ3v) is 3.76. The number of nitrogens with one attached hydrogen (secondary N) is 1. The van der Waals surface area contributed by atoms with Crippen LogP contribution in [0.3, 0.4) is 0 Å². The summed E-state index contributed by atoms with van der Waals surface area (Å²) in [5.41, 5.74) is 3.32. The molecule has 0 aliphatic rings. The zero-order valence-electron chi connectivity index (χ0n) is 15.7. The molecule has 0 radical (unpaired) electrons. The zero-order chi connectivity index (χ0) is 18.8. The van der Waals surface area contributed by atoms with Crippen LogP contribution in [0.4, 0.5) is 0 Å². The predicted molar refractivity (Wildman–Crippen MR) is 102 cm³/mol. The van der Waals surface area contributed by atoms with Crippen LogP contribution in [-0.2, 0) is 16.1 Å². The van der Waals surface area contributed by atoms with Gasteiger partial charge in [-0.3, -0.25) is 4.79 Å². The van der Waals surface area contributed by atoms with E-state index in [1.54, 1.807) is 7.11 Å². The number of hydrogen-bond donors (Lipinski definition) is 1. The number of ether oxygens (including phenoxy) is 3. The molecular formula is C21H27NO4. The lowest BCUT2D eigenvalue weighted by molar-refractivity contribution is -0.121. The van der Waals surface area contributed by atoms with Crippen molar-refractivity contribution in [2.24, 2.45) is 0 Å². The third-order valence-electron chi connectivity index (χ3n) is 3.76. The van der Waals surface area contributed by atoms with Gasteiger partial charge >= 0.3 is 0 Å². The first-order valence-corrected chi connectivity index (χ1v) is 8.75. The summed E-state index contributed by atoms with van der Waals surface area (Å²) < 4.78 is 16.1. The van der Waals surface area contributed by atoms with Gasteiger partial charge in [-0.1, -0.05) is 18.2 Å². The van der Waals surface area contributed by atoms with Gasteiger partial charge < -0.3 is 19.5 Å². The lowest BCUT2D eigenvalue weighted by Crippen LogP contribution is -2.24. The van der Waals surface area contributed by atoms with Gasteiger partial charge in [-0.2, -0.15) is 0 Å². The fraction of sp³-hybridized carbons (Fsp3) is 0.381. The second kappa shape index (κ2) is 10.5. The van der Waals surface area contributed by atoms with Crippen LogP contribution >= 0.6 is 0 Å². The van der Waals surface area contributed by atoms with E-state index < -0.39 is 0 Å². The molecular weight excluding hydrogens is 330 g/mol. The highest BCUT2D eigenvalue weighted by Gasteiger charge is 2.04. The van der Waals surface area contributed by atoms with Crippen LogP contribution in [0, 0.1) is 13.8 Å². The Labute approximate surface area is 155 Å². The van der Waals surface area contributed by atoms with Crippen LogP contribution in [0.15, 0.2) is 42.5 Å². The summed E-state index contributed by atoms with van der Waals surface area (Å²) in [6.45, 7) is 5.98. The minimum absolute atomic E-state index is 0.0326. The van der Waals surface area contributed by atoms with Gasteiger partial charge in [0.05, 0.1) is 19.6 Å². The molecule has 2 rings (SSSR count). The Bertz CT molecular complexity index is 677. The maximum atomic E-state index is 12.0. The largest absolute Gasteiger partial charge is 0.493 e.